The lowest BCUT2D eigenvalue weighted by Crippen LogP contribution is -2.44. The number of halogens is 1. The molecule has 0 bridgehead atoms. The molecule has 1 aliphatic carbocycles. The Morgan fingerprint density at radius 1 is 1.47 bits per heavy atom. The summed E-state index contributed by atoms with van der Waals surface area (Å²) < 4.78 is 0. The maximum Gasteiger partial charge on any atom is 0.340 e. The van der Waals surface area contributed by atoms with E-state index in [-0.39, 0.29) is 0 Å². The van der Waals surface area contributed by atoms with Crippen molar-refractivity contribution in [2.45, 2.75) is 11.9 Å². The van der Waals surface area contributed by atoms with Crippen LogP contribution in [0.1, 0.15) is 6.92 Å². The largest absolute Gasteiger partial charge is 0.394 e. The highest BCUT2D eigenvalue weighted by Crippen LogP contribution is 2.53. The van der Waals surface area contributed by atoms with Crippen molar-refractivity contribution in [2.24, 2.45) is 17.1 Å². The van der Waals surface area contributed by atoms with Crippen molar-refractivity contribution in [1.82, 2.24) is 0 Å². The lowest BCUT2D eigenvalue weighted by molar-refractivity contribution is -0.540. The van der Waals surface area contributed by atoms with E-state index in [2.05, 4.69) is 0 Å². The van der Waals surface area contributed by atoms with E-state index in [1.165, 1.54) is 6.92 Å². The van der Waals surface area contributed by atoms with Crippen molar-refractivity contribution in [3.05, 3.63) is 21.4 Å². The van der Waals surface area contributed by atoms with Crippen LogP contribution in [0.3, 0.4) is 0 Å². The summed E-state index contributed by atoms with van der Waals surface area (Å²) in [4.78, 5) is 7.77. The van der Waals surface area contributed by atoms with Gasteiger partial charge in [0.05, 0.1) is 29.7 Å². The molecule has 0 radical (unpaired) electrons. The molecule has 2 N–H and O–H groups in total. The Morgan fingerprint density at radius 2 is 1.94 bits per heavy atom. The van der Waals surface area contributed by atoms with Gasteiger partial charge in [-0.15, -0.1) is 0 Å². The summed E-state index contributed by atoms with van der Waals surface area (Å²) >= 11 is 5.79. The highest BCUT2D eigenvalue weighted by molar-refractivity contribution is 6.25. The van der Waals surface area contributed by atoms with Crippen LogP contribution < -0.4 is 5.73 Å². The molecule has 0 aromatic heterocycles. The van der Waals surface area contributed by atoms with Crippen LogP contribution in [0.5, 0.6) is 0 Å². The minimum absolute atomic E-state index is 0.443. The third kappa shape index (κ3) is 1.19. The molecule has 0 saturated carbocycles. The van der Waals surface area contributed by atoms with E-state index >= 15 is 0 Å². The third-order valence-electron chi connectivity index (χ3n) is 2.99. The molecule has 0 aliphatic heterocycles. The first-order valence-corrected chi connectivity index (χ1v) is 4.77. The molecule has 0 amide bonds. The van der Waals surface area contributed by atoms with Gasteiger partial charge in [0.15, 0.2) is 5.41 Å². The Bertz CT molecular complexity index is 535. The third-order valence-corrected chi connectivity index (χ3v) is 3.66. The molecule has 0 saturated heterocycles. The smallest absolute Gasteiger partial charge is 0.340 e. The van der Waals surface area contributed by atoms with Crippen molar-refractivity contribution in [1.29, 1.82) is 15.8 Å². The quantitative estimate of drug-likeness (QED) is 0.313. The van der Waals surface area contributed by atoms with E-state index in [9.17, 15) is 10.1 Å². The minimum Gasteiger partial charge on any atom is -0.394 e. The Hall–Kier alpha value is -2.30. The molecular formula is C9H6ClN5O2. The van der Waals surface area contributed by atoms with Gasteiger partial charge in [-0.25, -0.2) is 0 Å². The van der Waals surface area contributed by atoms with Gasteiger partial charge in [0, 0.05) is 4.92 Å². The average Bonchev–Trinajstić information content (AvgIpc) is 2.48. The maximum atomic E-state index is 11.0. The van der Waals surface area contributed by atoms with Gasteiger partial charge in [-0.1, -0.05) is 6.92 Å². The van der Waals surface area contributed by atoms with E-state index in [0.29, 0.717) is 0 Å². The first kappa shape index (κ1) is 12.8. The molecule has 0 aromatic carbocycles. The minimum atomic E-state index is -2.30. The van der Waals surface area contributed by atoms with E-state index < -0.39 is 32.5 Å². The number of nitrogens with two attached hydrogens (primary N) is 1. The summed E-state index contributed by atoms with van der Waals surface area (Å²) in [5, 5.41) is 37.9. The van der Waals surface area contributed by atoms with Gasteiger partial charge in [0.1, 0.15) is 5.70 Å². The van der Waals surface area contributed by atoms with Crippen LogP contribution in [0, 0.1) is 55.4 Å². The van der Waals surface area contributed by atoms with Crippen molar-refractivity contribution in [2.75, 3.05) is 0 Å². The van der Waals surface area contributed by atoms with Gasteiger partial charge in [-0.2, -0.15) is 15.8 Å². The van der Waals surface area contributed by atoms with Crippen LogP contribution in [-0.2, 0) is 0 Å². The predicted molar refractivity (Wildman–Crippen MR) is 55.2 cm³/mol. The molecule has 0 aromatic rings. The van der Waals surface area contributed by atoms with Crippen LogP contribution in [-0.4, -0.2) is 9.92 Å². The molecular weight excluding hydrogens is 246 g/mol. The summed E-state index contributed by atoms with van der Waals surface area (Å²) in [6.07, 6.45) is 0. The summed E-state index contributed by atoms with van der Waals surface area (Å²) in [7, 11) is 0. The Balaban J connectivity index is 3.70. The highest BCUT2D eigenvalue weighted by atomic mass is 35.5. The zero-order valence-corrected chi connectivity index (χ0v) is 9.39. The van der Waals surface area contributed by atoms with Crippen molar-refractivity contribution < 1.29 is 4.92 Å². The number of nitriles is 3. The number of rotatable bonds is 1. The zero-order valence-electron chi connectivity index (χ0n) is 8.64. The van der Waals surface area contributed by atoms with Gasteiger partial charge >= 0.3 is 5.00 Å². The maximum absolute atomic E-state index is 11.0. The van der Waals surface area contributed by atoms with Gasteiger partial charge in [-0.3, -0.25) is 10.1 Å². The second-order valence-corrected chi connectivity index (χ2v) is 4.16. The topological polar surface area (TPSA) is 141 Å². The summed E-state index contributed by atoms with van der Waals surface area (Å²) in [6.45, 7) is 1.25. The molecule has 7 nitrogen and oxygen atoms in total. The average molecular weight is 252 g/mol. The van der Waals surface area contributed by atoms with Crippen LogP contribution in [0.2, 0.25) is 0 Å². The molecule has 8 heteroatoms. The van der Waals surface area contributed by atoms with E-state index in [1.54, 1.807) is 18.2 Å². The van der Waals surface area contributed by atoms with Gasteiger partial charge in [0.25, 0.3) is 0 Å². The number of nitro groups is 1. The fourth-order valence-corrected chi connectivity index (χ4v) is 2.12. The highest BCUT2D eigenvalue weighted by Gasteiger charge is 2.68. The molecule has 86 valence electrons. The van der Waals surface area contributed by atoms with Gasteiger partial charge in [0.2, 0.25) is 0 Å². The van der Waals surface area contributed by atoms with Gasteiger partial charge in [-0.05, 0) is 11.6 Å². The first-order valence-electron chi connectivity index (χ1n) is 4.39. The standard InChI is InChI=1S/C9H6ClN5O2/c1-5-8(3-12,4-13)6(2-11)7(14)9(5,10)15(16)17/h5H,14H2,1H3/t5-,9+/m1/s1. The van der Waals surface area contributed by atoms with Crippen LogP contribution in [0.4, 0.5) is 0 Å². The normalized spacial score (nSPS) is 30.2. The van der Waals surface area contributed by atoms with E-state index in [0.717, 1.165) is 0 Å². The molecule has 1 aliphatic rings. The fraction of sp³-hybridized carbons (Fsp3) is 0.444. The van der Waals surface area contributed by atoms with Crippen molar-refractivity contribution >= 4 is 11.6 Å². The number of alkyl halides is 1. The number of hydrogen-bond donors (Lipinski definition) is 1. The molecule has 2 atom stereocenters. The number of hydrogen-bond acceptors (Lipinski definition) is 6. The van der Waals surface area contributed by atoms with Crippen LogP contribution in [0.25, 0.3) is 0 Å². The number of nitrogens with zero attached hydrogens (tertiary/aromatic N) is 4. The SMILES string of the molecule is C[C@@H]1C(C#N)(C#N)C(C#N)=C(N)[C@@]1(Cl)[N+](=O)[O-]. The Morgan fingerprint density at radius 3 is 2.18 bits per heavy atom. The predicted octanol–water partition coefficient (Wildman–Crippen LogP) is 0.618. The second kappa shape index (κ2) is 3.62. The van der Waals surface area contributed by atoms with Crippen molar-refractivity contribution in [3.8, 4) is 18.2 Å². The summed E-state index contributed by atoms with van der Waals surface area (Å²) in [6, 6.07) is 4.78. The van der Waals surface area contributed by atoms with Gasteiger partial charge < -0.3 is 5.73 Å². The zero-order chi connectivity index (χ0) is 13.4. The monoisotopic (exact) mass is 251 g/mol. The van der Waals surface area contributed by atoms with Crippen LogP contribution in [0.15, 0.2) is 11.3 Å². The summed E-state index contributed by atoms with van der Waals surface area (Å²) in [5.74, 6) is -1.23. The van der Waals surface area contributed by atoms with E-state index in [1.807, 2.05) is 0 Å². The molecule has 0 unspecified atom stereocenters. The van der Waals surface area contributed by atoms with E-state index in [4.69, 9.17) is 33.1 Å². The molecule has 0 heterocycles. The molecule has 1 rings (SSSR count). The number of allylic oxidation sites excluding steroid dienone is 1. The van der Waals surface area contributed by atoms with Crippen molar-refractivity contribution in [3.63, 3.8) is 0 Å². The Labute approximate surface area is 101 Å². The molecule has 0 spiro atoms. The second-order valence-electron chi connectivity index (χ2n) is 3.58. The first-order chi connectivity index (χ1) is 7.82. The van der Waals surface area contributed by atoms with Crippen LogP contribution >= 0.6 is 11.6 Å². The lowest BCUT2D eigenvalue weighted by Gasteiger charge is -2.23. The molecule has 0 fully saturated rings. The molecule has 17 heavy (non-hydrogen) atoms. The lowest BCUT2D eigenvalue weighted by atomic mass is 9.76. The Kier molecular flexibility index (Phi) is 2.72. The summed E-state index contributed by atoms with van der Waals surface area (Å²) in [5.41, 5.74) is 2.51. The fourth-order valence-electron chi connectivity index (χ4n) is 1.86.